The number of hydrogen-bond donors (Lipinski definition) is 1. The fourth-order valence-electron chi connectivity index (χ4n) is 3.04. The second-order valence-electron chi connectivity index (χ2n) is 5.83. The molecule has 0 aliphatic heterocycles. The maximum atomic E-state index is 6.33. The lowest BCUT2D eigenvalue weighted by molar-refractivity contribution is 0.276. The maximum absolute atomic E-state index is 6.33. The van der Waals surface area contributed by atoms with E-state index in [4.69, 9.17) is 21.1 Å². The van der Waals surface area contributed by atoms with Crippen LogP contribution in [-0.4, -0.2) is 20.3 Å². The van der Waals surface area contributed by atoms with Crippen molar-refractivity contribution in [2.75, 3.05) is 19.5 Å². The van der Waals surface area contributed by atoms with Crippen molar-refractivity contribution in [2.45, 2.75) is 39.2 Å². The van der Waals surface area contributed by atoms with Crippen LogP contribution < -0.4 is 14.8 Å². The molecule has 0 radical (unpaired) electrons. The molecule has 0 amide bonds. The molecule has 1 aromatic rings. The number of nitrogens with one attached hydrogen (secondary N) is 1. The molecule has 1 aromatic carbocycles. The zero-order chi connectivity index (χ0) is 14.7. The Morgan fingerprint density at radius 1 is 1.10 bits per heavy atom. The third-order valence-corrected chi connectivity index (χ3v) is 4.56. The van der Waals surface area contributed by atoms with Crippen molar-refractivity contribution in [2.24, 2.45) is 11.8 Å². The van der Waals surface area contributed by atoms with E-state index in [1.54, 1.807) is 20.3 Å². The van der Waals surface area contributed by atoms with Gasteiger partial charge in [-0.05, 0) is 31.1 Å². The van der Waals surface area contributed by atoms with Crippen LogP contribution in [0, 0.1) is 11.8 Å². The van der Waals surface area contributed by atoms with Crippen LogP contribution in [0.5, 0.6) is 11.5 Å². The Bertz CT molecular complexity index is 464. The lowest BCUT2D eigenvalue weighted by Gasteiger charge is -2.34. The van der Waals surface area contributed by atoms with Gasteiger partial charge in [-0.1, -0.05) is 25.4 Å². The predicted molar refractivity (Wildman–Crippen MR) is 84.1 cm³/mol. The Morgan fingerprint density at radius 2 is 1.75 bits per heavy atom. The average molecular weight is 298 g/mol. The molecule has 0 aromatic heterocycles. The number of rotatable bonds is 4. The summed E-state index contributed by atoms with van der Waals surface area (Å²) in [5, 5.41) is 4.25. The van der Waals surface area contributed by atoms with Crippen LogP contribution >= 0.6 is 11.6 Å². The standard InChI is InChI=1S/C16H24ClNO2/c1-10-5-6-13(11(2)7-10)18-14-9-16(20-4)15(19-3)8-12(14)17/h8-11,13,18H,5-7H2,1-4H3. The lowest BCUT2D eigenvalue weighted by atomic mass is 9.80. The van der Waals surface area contributed by atoms with Crippen LogP contribution in [0.3, 0.4) is 0 Å². The number of methoxy groups -OCH3 is 2. The van der Waals surface area contributed by atoms with Crippen molar-refractivity contribution >= 4 is 17.3 Å². The van der Waals surface area contributed by atoms with Crippen molar-refractivity contribution in [3.05, 3.63) is 17.2 Å². The van der Waals surface area contributed by atoms with Gasteiger partial charge >= 0.3 is 0 Å². The van der Waals surface area contributed by atoms with E-state index < -0.39 is 0 Å². The van der Waals surface area contributed by atoms with Gasteiger partial charge in [-0.15, -0.1) is 0 Å². The lowest BCUT2D eigenvalue weighted by Crippen LogP contribution is -2.33. The summed E-state index contributed by atoms with van der Waals surface area (Å²) in [7, 11) is 3.26. The summed E-state index contributed by atoms with van der Waals surface area (Å²) in [5.41, 5.74) is 0.927. The minimum absolute atomic E-state index is 0.474. The number of benzene rings is 1. The molecule has 4 heteroatoms. The highest BCUT2D eigenvalue weighted by Gasteiger charge is 2.26. The van der Waals surface area contributed by atoms with E-state index in [-0.39, 0.29) is 0 Å². The van der Waals surface area contributed by atoms with Gasteiger partial charge in [0, 0.05) is 18.2 Å². The van der Waals surface area contributed by atoms with Gasteiger partial charge in [0.1, 0.15) is 0 Å². The van der Waals surface area contributed by atoms with Gasteiger partial charge in [0.15, 0.2) is 11.5 Å². The third-order valence-electron chi connectivity index (χ3n) is 4.25. The third kappa shape index (κ3) is 3.32. The van der Waals surface area contributed by atoms with Crippen LogP contribution in [-0.2, 0) is 0 Å². The highest BCUT2D eigenvalue weighted by atomic mass is 35.5. The molecule has 0 saturated heterocycles. The minimum Gasteiger partial charge on any atom is -0.493 e. The largest absolute Gasteiger partial charge is 0.493 e. The first-order chi connectivity index (χ1) is 9.55. The molecule has 3 unspecified atom stereocenters. The zero-order valence-electron chi connectivity index (χ0n) is 12.7. The first-order valence-corrected chi connectivity index (χ1v) is 7.61. The summed E-state index contributed by atoms with van der Waals surface area (Å²) in [6.45, 7) is 4.64. The van der Waals surface area contributed by atoms with E-state index >= 15 is 0 Å². The maximum Gasteiger partial charge on any atom is 0.162 e. The van der Waals surface area contributed by atoms with Crippen molar-refractivity contribution in [1.82, 2.24) is 0 Å². The molecule has 0 heterocycles. The quantitative estimate of drug-likeness (QED) is 0.881. The second-order valence-corrected chi connectivity index (χ2v) is 6.24. The molecule has 1 fully saturated rings. The smallest absolute Gasteiger partial charge is 0.162 e. The average Bonchev–Trinajstić information content (AvgIpc) is 2.43. The van der Waals surface area contributed by atoms with Gasteiger partial charge in [-0.25, -0.2) is 0 Å². The fourth-order valence-corrected chi connectivity index (χ4v) is 3.25. The molecule has 20 heavy (non-hydrogen) atoms. The highest BCUT2D eigenvalue weighted by molar-refractivity contribution is 6.33. The van der Waals surface area contributed by atoms with Crippen molar-refractivity contribution in [1.29, 1.82) is 0 Å². The molecular weight excluding hydrogens is 274 g/mol. The molecule has 1 aliphatic rings. The van der Waals surface area contributed by atoms with Gasteiger partial charge < -0.3 is 14.8 Å². The highest BCUT2D eigenvalue weighted by Crippen LogP contribution is 2.38. The van der Waals surface area contributed by atoms with Crippen LogP contribution in [0.4, 0.5) is 5.69 Å². The molecule has 1 N–H and O–H groups in total. The molecule has 2 rings (SSSR count). The summed E-state index contributed by atoms with van der Waals surface area (Å²) in [6, 6.07) is 4.20. The molecule has 0 bridgehead atoms. The zero-order valence-corrected chi connectivity index (χ0v) is 13.5. The molecule has 3 atom stereocenters. The molecule has 1 aliphatic carbocycles. The first-order valence-electron chi connectivity index (χ1n) is 7.23. The Balaban J connectivity index is 2.16. The second kappa shape index (κ2) is 6.57. The fraction of sp³-hybridized carbons (Fsp3) is 0.625. The molecule has 0 spiro atoms. The number of anilines is 1. The SMILES string of the molecule is COc1cc(Cl)c(NC2CCC(C)CC2C)cc1OC. The number of halogens is 1. The van der Waals surface area contributed by atoms with Crippen LogP contribution in [0.2, 0.25) is 5.02 Å². The van der Waals surface area contributed by atoms with Crippen molar-refractivity contribution in [3.8, 4) is 11.5 Å². The van der Waals surface area contributed by atoms with E-state index in [1.165, 1.54) is 19.3 Å². The molecular formula is C16H24ClNO2. The van der Waals surface area contributed by atoms with Crippen LogP contribution in [0.25, 0.3) is 0 Å². The summed E-state index contributed by atoms with van der Waals surface area (Å²) >= 11 is 6.33. The number of ether oxygens (including phenoxy) is 2. The van der Waals surface area contributed by atoms with Crippen molar-refractivity contribution in [3.63, 3.8) is 0 Å². The van der Waals surface area contributed by atoms with Gasteiger partial charge in [0.2, 0.25) is 0 Å². The summed E-state index contributed by atoms with van der Waals surface area (Å²) in [5.74, 6) is 2.84. The van der Waals surface area contributed by atoms with Crippen molar-refractivity contribution < 1.29 is 9.47 Å². The minimum atomic E-state index is 0.474. The van der Waals surface area contributed by atoms with Crippen LogP contribution in [0.15, 0.2) is 12.1 Å². The van der Waals surface area contributed by atoms with E-state index in [9.17, 15) is 0 Å². The topological polar surface area (TPSA) is 30.5 Å². The van der Waals surface area contributed by atoms with Gasteiger partial charge in [-0.3, -0.25) is 0 Å². The molecule has 1 saturated carbocycles. The van der Waals surface area contributed by atoms with E-state index in [1.807, 2.05) is 6.07 Å². The van der Waals surface area contributed by atoms with Gasteiger partial charge in [0.25, 0.3) is 0 Å². The summed E-state index contributed by atoms with van der Waals surface area (Å²) < 4.78 is 10.6. The number of hydrogen-bond acceptors (Lipinski definition) is 3. The monoisotopic (exact) mass is 297 g/mol. The van der Waals surface area contributed by atoms with Gasteiger partial charge in [0.05, 0.1) is 24.9 Å². The predicted octanol–water partition coefficient (Wildman–Crippen LogP) is 4.59. The Kier molecular flexibility index (Phi) is 5.03. The van der Waals surface area contributed by atoms with E-state index in [2.05, 4.69) is 19.2 Å². The van der Waals surface area contributed by atoms with E-state index in [0.29, 0.717) is 28.5 Å². The van der Waals surface area contributed by atoms with E-state index in [0.717, 1.165) is 11.6 Å². The van der Waals surface area contributed by atoms with Gasteiger partial charge in [-0.2, -0.15) is 0 Å². The van der Waals surface area contributed by atoms with Crippen LogP contribution in [0.1, 0.15) is 33.1 Å². The molecule has 112 valence electrons. The Hall–Kier alpha value is -1.09. The Labute approximate surface area is 126 Å². The molecule has 3 nitrogen and oxygen atoms in total. The summed E-state index contributed by atoms with van der Waals surface area (Å²) in [6.07, 6.45) is 3.72. The first kappa shape index (κ1) is 15.3. The Morgan fingerprint density at radius 3 is 2.35 bits per heavy atom. The normalized spacial score (nSPS) is 26.1. The summed E-state index contributed by atoms with van der Waals surface area (Å²) in [4.78, 5) is 0.